The van der Waals surface area contributed by atoms with E-state index in [-0.39, 0.29) is 5.06 Å². The van der Waals surface area contributed by atoms with Crippen LogP contribution in [0.2, 0.25) is 0 Å². The fourth-order valence-electron chi connectivity index (χ4n) is 1.36. The van der Waals surface area contributed by atoms with Crippen molar-refractivity contribution in [3.63, 3.8) is 0 Å². The molecule has 0 atom stereocenters. The van der Waals surface area contributed by atoms with Crippen molar-refractivity contribution in [2.24, 2.45) is 0 Å². The average molecular weight is 192 g/mol. The highest BCUT2D eigenvalue weighted by Crippen LogP contribution is 2.34. The SMILES string of the molecule is Cc1ccc(C=O)c2sc(O)cc12. The normalized spacial score (nSPS) is 10.5. The van der Waals surface area contributed by atoms with E-state index in [0.717, 1.165) is 21.9 Å². The summed E-state index contributed by atoms with van der Waals surface area (Å²) in [6.45, 7) is 1.96. The number of hydrogen-bond acceptors (Lipinski definition) is 3. The van der Waals surface area contributed by atoms with Gasteiger partial charge in [-0.2, -0.15) is 0 Å². The summed E-state index contributed by atoms with van der Waals surface area (Å²) in [6.07, 6.45) is 0.817. The number of aromatic hydroxyl groups is 1. The molecule has 0 spiro atoms. The number of carbonyl (C=O) groups excluding carboxylic acids is 1. The van der Waals surface area contributed by atoms with Gasteiger partial charge in [0.05, 0.1) is 0 Å². The zero-order chi connectivity index (χ0) is 9.42. The van der Waals surface area contributed by atoms with Crippen LogP contribution in [0.1, 0.15) is 15.9 Å². The summed E-state index contributed by atoms with van der Waals surface area (Å²) in [5.41, 5.74) is 1.73. The summed E-state index contributed by atoms with van der Waals surface area (Å²) in [7, 11) is 0. The van der Waals surface area contributed by atoms with Gasteiger partial charge in [-0.05, 0) is 30.0 Å². The molecule has 1 aromatic carbocycles. The van der Waals surface area contributed by atoms with Crippen molar-refractivity contribution in [1.29, 1.82) is 0 Å². The van der Waals surface area contributed by atoms with E-state index < -0.39 is 0 Å². The molecule has 0 saturated carbocycles. The topological polar surface area (TPSA) is 37.3 Å². The zero-order valence-electron chi connectivity index (χ0n) is 7.07. The monoisotopic (exact) mass is 192 g/mol. The van der Waals surface area contributed by atoms with Crippen molar-refractivity contribution in [1.82, 2.24) is 0 Å². The molecule has 66 valence electrons. The molecule has 1 N–H and O–H groups in total. The molecule has 1 aromatic heterocycles. The van der Waals surface area contributed by atoms with Gasteiger partial charge in [0, 0.05) is 10.3 Å². The van der Waals surface area contributed by atoms with E-state index >= 15 is 0 Å². The fraction of sp³-hybridized carbons (Fsp3) is 0.100. The molecule has 2 aromatic rings. The maximum Gasteiger partial charge on any atom is 0.172 e. The van der Waals surface area contributed by atoms with E-state index in [0.29, 0.717) is 5.56 Å². The minimum atomic E-state index is 0.257. The van der Waals surface area contributed by atoms with Gasteiger partial charge >= 0.3 is 0 Å². The van der Waals surface area contributed by atoms with Crippen LogP contribution in [-0.2, 0) is 0 Å². The summed E-state index contributed by atoms with van der Waals surface area (Å²) < 4.78 is 0.868. The highest BCUT2D eigenvalue weighted by atomic mass is 32.1. The Bertz CT molecular complexity index is 471. The van der Waals surface area contributed by atoms with E-state index in [4.69, 9.17) is 0 Å². The van der Waals surface area contributed by atoms with Crippen LogP contribution >= 0.6 is 11.3 Å². The largest absolute Gasteiger partial charge is 0.499 e. The third-order valence-electron chi connectivity index (χ3n) is 2.05. The van der Waals surface area contributed by atoms with Crippen LogP contribution in [0.5, 0.6) is 5.06 Å². The molecule has 13 heavy (non-hydrogen) atoms. The number of aldehydes is 1. The first-order valence-electron chi connectivity index (χ1n) is 3.89. The van der Waals surface area contributed by atoms with E-state index in [1.165, 1.54) is 11.3 Å². The first-order chi connectivity index (χ1) is 6.22. The van der Waals surface area contributed by atoms with Crippen molar-refractivity contribution in [2.75, 3.05) is 0 Å². The number of hydrogen-bond donors (Lipinski definition) is 1. The number of benzene rings is 1. The minimum Gasteiger partial charge on any atom is -0.499 e. The molecule has 0 aliphatic heterocycles. The fourth-order valence-corrected chi connectivity index (χ4v) is 2.31. The van der Waals surface area contributed by atoms with Gasteiger partial charge in [-0.3, -0.25) is 4.79 Å². The highest BCUT2D eigenvalue weighted by Gasteiger charge is 2.06. The molecule has 0 unspecified atom stereocenters. The molecule has 0 amide bonds. The van der Waals surface area contributed by atoms with Gasteiger partial charge in [0.2, 0.25) is 0 Å². The van der Waals surface area contributed by atoms with Crippen LogP contribution in [0.25, 0.3) is 10.1 Å². The molecule has 0 radical (unpaired) electrons. The molecule has 0 aliphatic rings. The average Bonchev–Trinajstić information content (AvgIpc) is 2.48. The molecule has 2 nitrogen and oxygen atoms in total. The lowest BCUT2D eigenvalue weighted by atomic mass is 10.1. The lowest BCUT2D eigenvalue weighted by Crippen LogP contribution is -1.80. The first kappa shape index (κ1) is 8.26. The van der Waals surface area contributed by atoms with Gasteiger partial charge in [-0.25, -0.2) is 0 Å². The molecular formula is C10H8O2S. The summed E-state index contributed by atoms with van der Waals surface area (Å²) in [4.78, 5) is 10.7. The van der Waals surface area contributed by atoms with E-state index in [9.17, 15) is 9.90 Å². The zero-order valence-corrected chi connectivity index (χ0v) is 7.89. The standard InChI is InChI=1S/C10H8O2S/c1-6-2-3-7(5-11)10-8(6)4-9(12)13-10/h2-5,12H,1H3. The molecular weight excluding hydrogens is 184 g/mol. The van der Waals surface area contributed by atoms with Crippen LogP contribution in [0.3, 0.4) is 0 Å². The van der Waals surface area contributed by atoms with Crippen LogP contribution in [-0.4, -0.2) is 11.4 Å². The Labute approximate surface area is 79.4 Å². The molecule has 1 heterocycles. The van der Waals surface area contributed by atoms with E-state index in [1.54, 1.807) is 12.1 Å². The number of thiophene rings is 1. The quantitative estimate of drug-likeness (QED) is 0.705. The predicted octanol–water partition coefficient (Wildman–Crippen LogP) is 2.73. The van der Waals surface area contributed by atoms with Gasteiger partial charge in [-0.1, -0.05) is 17.4 Å². The number of carbonyl (C=O) groups is 1. The van der Waals surface area contributed by atoms with Crippen LogP contribution in [0.4, 0.5) is 0 Å². The third-order valence-corrected chi connectivity index (χ3v) is 3.03. The third kappa shape index (κ3) is 1.21. The van der Waals surface area contributed by atoms with Crippen molar-refractivity contribution in [2.45, 2.75) is 6.92 Å². The second-order valence-corrected chi connectivity index (χ2v) is 3.95. The second kappa shape index (κ2) is 2.85. The maximum absolute atomic E-state index is 10.7. The van der Waals surface area contributed by atoms with Gasteiger partial charge in [0.1, 0.15) is 0 Å². The Morgan fingerprint density at radius 1 is 1.46 bits per heavy atom. The smallest absolute Gasteiger partial charge is 0.172 e. The van der Waals surface area contributed by atoms with Crippen molar-refractivity contribution >= 4 is 27.7 Å². The lowest BCUT2D eigenvalue weighted by molar-refractivity contribution is 0.112. The summed E-state index contributed by atoms with van der Waals surface area (Å²) >= 11 is 1.24. The van der Waals surface area contributed by atoms with Gasteiger partial charge in [0.25, 0.3) is 0 Å². The number of rotatable bonds is 1. The predicted molar refractivity (Wildman–Crippen MR) is 53.6 cm³/mol. The van der Waals surface area contributed by atoms with E-state index in [1.807, 2.05) is 13.0 Å². The Hall–Kier alpha value is -1.35. The Morgan fingerprint density at radius 2 is 2.23 bits per heavy atom. The van der Waals surface area contributed by atoms with Crippen LogP contribution in [0.15, 0.2) is 18.2 Å². The summed E-state index contributed by atoms with van der Waals surface area (Å²) in [5.74, 6) is 0. The summed E-state index contributed by atoms with van der Waals surface area (Å²) in [5, 5.41) is 10.5. The minimum absolute atomic E-state index is 0.257. The van der Waals surface area contributed by atoms with Crippen molar-refractivity contribution < 1.29 is 9.90 Å². The van der Waals surface area contributed by atoms with Crippen molar-refractivity contribution in [3.8, 4) is 5.06 Å². The maximum atomic E-state index is 10.7. The number of aryl methyl sites for hydroxylation is 1. The highest BCUT2D eigenvalue weighted by molar-refractivity contribution is 7.21. The Morgan fingerprint density at radius 3 is 2.92 bits per heavy atom. The molecule has 0 bridgehead atoms. The molecule has 0 fully saturated rings. The molecule has 3 heteroatoms. The van der Waals surface area contributed by atoms with Crippen LogP contribution in [0, 0.1) is 6.92 Å². The second-order valence-electron chi connectivity index (χ2n) is 2.92. The Balaban J connectivity index is 2.91. The van der Waals surface area contributed by atoms with Crippen molar-refractivity contribution in [3.05, 3.63) is 29.3 Å². The van der Waals surface area contributed by atoms with Gasteiger partial charge < -0.3 is 5.11 Å². The molecule has 0 aliphatic carbocycles. The molecule has 0 saturated heterocycles. The van der Waals surface area contributed by atoms with Gasteiger partial charge in [0.15, 0.2) is 11.3 Å². The van der Waals surface area contributed by atoms with Gasteiger partial charge in [-0.15, -0.1) is 0 Å². The summed E-state index contributed by atoms with van der Waals surface area (Å²) in [6, 6.07) is 5.36. The molecule has 2 rings (SSSR count). The van der Waals surface area contributed by atoms with Crippen LogP contribution < -0.4 is 0 Å². The lowest BCUT2D eigenvalue weighted by Gasteiger charge is -1.96. The van der Waals surface area contributed by atoms with E-state index in [2.05, 4.69) is 0 Å². The Kier molecular flexibility index (Phi) is 1.81. The number of fused-ring (bicyclic) bond motifs is 1. The first-order valence-corrected chi connectivity index (χ1v) is 4.71.